The lowest BCUT2D eigenvalue weighted by molar-refractivity contribution is -0.137. The van der Waals surface area contributed by atoms with E-state index in [0.717, 1.165) is 58.0 Å². The van der Waals surface area contributed by atoms with Gasteiger partial charge in [-0.1, -0.05) is 19.8 Å². The Hall–Kier alpha value is -2.18. The molecule has 1 saturated heterocycles. The summed E-state index contributed by atoms with van der Waals surface area (Å²) in [4.78, 5) is 49.8. The van der Waals surface area contributed by atoms with E-state index in [4.69, 9.17) is 0 Å². The quantitative estimate of drug-likeness (QED) is 0.407. The first-order valence-corrected chi connectivity index (χ1v) is 10.6. The molecule has 28 heavy (non-hydrogen) atoms. The number of rotatable bonds is 12. The van der Waals surface area contributed by atoms with E-state index in [1.165, 1.54) is 17.1 Å². The number of carbonyl (C=O) groups excluding carboxylic acids is 4. The van der Waals surface area contributed by atoms with Gasteiger partial charge in [-0.25, -0.2) is 0 Å². The Balaban J connectivity index is 1.39. The van der Waals surface area contributed by atoms with E-state index < -0.39 is 0 Å². The molecule has 7 nitrogen and oxygen atoms in total. The zero-order valence-electron chi connectivity index (χ0n) is 17.0. The third kappa shape index (κ3) is 7.44. The molecule has 1 fully saturated rings. The van der Waals surface area contributed by atoms with Crippen molar-refractivity contribution in [2.75, 3.05) is 26.2 Å². The minimum absolute atomic E-state index is 0.0390. The summed E-state index contributed by atoms with van der Waals surface area (Å²) in [6, 6.07) is 0. The highest BCUT2D eigenvalue weighted by molar-refractivity contribution is 6.12. The normalized spacial score (nSPS) is 19.0. The molecule has 156 valence electrons. The molecule has 2 rings (SSSR count). The molecule has 1 atom stereocenters. The van der Waals surface area contributed by atoms with E-state index in [2.05, 4.69) is 12.2 Å². The molecular formula is C21H33N3O4. The highest BCUT2D eigenvalue weighted by atomic mass is 16.2. The number of carbonyl (C=O) groups is 4. The second kappa shape index (κ2) is 11.6. The van der Waals surface area contributed by atoms with Crippen LogP contribution in [0.2, 0.25) is 0 Å². The Morgan fingerprint density at radius 2 is 1.68 bits per heavy atom. The van der Waals surface area contributed by atoms with Gasteiger partial charge in [0.05, 0.1) is 0 Å². The molecule has 0 aromatic rings. The zero-order chi connectivity index (χ0) is 20.4. The van der Waals surface area contributed by atoms with Crippen molar-refractivity contribution in [1.29, 1.82) is 0 Å². The lowest BCUT2D eigenvalue weighted by atomic mass is 10.1. The van der Waals surface area contributed by atoms with Crippen molar-refractivity contribution in [2.24, 2.45) is 5.92 Å². The van der Waals surface area contributed by atoms with Crippen molar-refractivity contribution in [3.63, 3.8) is 0 Å². The molecular weight excluding hydrogens is 358 g/mol. The first-order chi connectivity index (χ1) is 13.5. The SMILES string of the molecule is CC1CCN(C(=O)CCCCCNC(=O)CCCCCN2C(=O)C=CC2=O)C1. The maximum absolute atomic E-state index is 12.0. The Bertz CT molecular complexity index is 584. The summed E-state index contributed by atoms with van der Waals surface area (Å²) < 4.78 is 0. The Morgan fingerprint density at radius 1 is 1.00 bits per heavy atom. The molecule has 2 heterocycles. The molecule has 0 spiro atoms. The minimum atomic E-state index is -0.251. The van der Waals surface area contributed by atoms with Crippen LogP contribution >= 0.6 is 0 Å². The van der Waals surface area contributed by atoms with Gasteiger partial charge < -0.3 is 10.2 Å². The smallest absolute Gasteiger partial charge is 0.253 e. The average Bonchev–Trinajstić information content (AvgIpc) is 3.24. The molecule has 7 heteroatoms. The fourth-order valence-electron chi connectivity index (χ4n) is 3.60. The molecule has 2 aliphatic heterocycles. The number of nitrogens with one attached hydrogen (secondary N) is 1. The van der Waals surface area contributed by atoms with Gasteiger partial charge in [-0.3, -0.25) is 24.1 Å². The molecule has 0 saturated carbocycles. The van der Waals surface area contributed by atoms with Gasteiger partial charge in [0.25, 0.3) is 11.8 Å². The van der Waals surface area contributed by atoms with Crippen LogP contribution in [0.4, 0.5) is 0 Å². The minimum Gasteiger partial charge on any atom is -0.356 e. The predicted molar refractivity (Wildman–Crippen MR) is 106 cm³/mol. The van der Waals surface area contributed by atoms with Crippen molar-refractivity contribution in [2.45, 2.75) is 64.7 Å². The van der Waals surface area contributed by atoms with Crippen LogP contribution in [0.5, 0.6) is 0 Å². The molecule has 0 aromatic heterocycles. The summed E-state index contributed by atoms with van der Waals surface area (Å²) in [6.07, 6.45) is 9.76. The Labute approximate surface area is 167 Å². The fourth-order valence-corrected chi connectivity index (χ4v) is 3.60. The van der Waals surface area contributed by atoms with Crippen molar-refractivity contribution < 1.29 is 19.2 Å². The molecule has 0 aromatic carbocycles. The van der Waals surface area contributed by atoms with Gasteiger partial charge in [0, 0.05) is 51.2 Å². The molecule has 0 aliphatic carbocycles. The van der Waals surface area contributed by atoms with Gasteiger partial charge >= 0.3 is 0 Å². The van der Waals surface area contributed by atoms with Crippen LogP contribution in [-0.4, -0.2) is 59.6 Å². The summed E-state index contributed by atoms with van der Waals surface area (Å²) in [7, 11) is 0. The lowest BCUT2D eigenvalue weighted by Gasteiger charge is -2.15. The molecule has 0 bridgehead atoms. The largest absolute Gasteiger partial charge is 0.356 e. The van der Waals surface area contributed by atoms with E-state index in [9.17, 15) is 19.2 Å². The number of nitrogens with zero attached hydrogens (tertiary/aromatic N) is 2. The Morgan fingerprint density at radius 3 is 2.36 bits per heavy atom. The van der Waals surface area contributed by atoms with Gasteiger partial charge in [-0.05, 0) is 38.0 Å². The maximum atomic E-state index is 12.0. The highest BCUT2D eigenvalue weighted by Crippen LogP contribution is 2.16. The van der Waals surface area contributed by atoms with E-state index in [-0.39, 0.29) is 23.6 Å². The van der Waals surface area contributed by atoms with Crippen molar-refractivity contribution in [3.8, 4) is 0 Å². The molecule has 2 aliphatic rings. The van der Waals surface area contributed by atoms with Crippen LogP contribution < -0.4 is 5.32 Å². The molecule has 4 amide bonds. The molecule has 1 unspecified atom stereocenters. The number of hydrogen-bond donors (Lipinski definition) is 1. The third-order valence-corrected chi connectivity index (χ3v) is 5.35. The predicted octanol–water partition coefficient (Wildman–Crippen LogP) is 2.02. The number of unbranched alkanes of at least 4 members (excludes halogenated alkanes) is 4. The van der Waals surface area contributed by atoms with Crippen LogP contribution in [0, 0.1) is 5.92 Å². The van der Waals surface area contributed by atoms with Crippen LogP contribution in [-0.2, 0) is 19.2 Å². The van der Waals surface area contributed by atoms with E-state index >= 15 is 0 Å². The number of likely N-dealkylation sites (tertiary alicyclic amines) is 1. The molecule has 0 radical (unpaired) electrons. The molecule has 1 N–H and O–H groups in total. The number of imide groups is 1. The van der Waals surface area contributed by atoms with Gasteiger partial charge in [0.2, 0.25) is 11.8 Å². The first-order valence-electron chi connectivity index (χ1n) is 10.6. The van der Waals surface area contributed by atoms with Crippen molar-refractivity contribution in [1.82, 2.24) is 15.1 Å². The van der Waals surface area contributed by atoms with Crippen LogP contribution in [0.15, 0.2) is 12.2 Å². The summed E-state index contributed by atoms with van der Waals surface area (Å²) in [5, 5.41) is 2.91. The van der Waals surface area contributed by atoms with Gasteiger partial charge in [-0.2, -0.15) is 0 Å². The van der Waals surface area contributed by atoms with E-state index in [0.29, 0.717) is 31.8 Å². The summed E-state index contributed by atoms with van der Waals surface area (Å²) in [5.74, 6) is 0.429. The van der Waals surface area contributed by atoms with Gasteiger partial charge in [-0.15, -0.1) is 0 Å². The van der Waals surface area contributed by atoms with Gasteiger partial charge in [0.1, 0.15) is 0 Å². The highest BCUT2D eigenvalue weighted by Gasteiger charge is 2.23. The second-order valence-corrected chi connectivity index (χ2v) is 7.87. The Kier molecular flexibility index (Phi) is 9.17. The summed E-state index contributed by atoms with van der Waals surface area (Å²) >= 11 is 0. The lowest BCUT2D eigenvalue weighted by Crippen LogP contribution is -2.30. The number of amides is 4. The average molecular weight is 392 g/mol. The van der Waals surface area contributed by atoms with Crippen LogP contribution in [0.3, 0.4) is 0 Å². The summed E-state index contributed by atoms with van der Waals surface area (Å²) in [6.45, 7) is 5.05. The zero-order valence-corrected chi connectivity index (χ0v) is 17.0. The first kappa shape index (κ1) is 22.1. The van der Waals surface area contributed by atoms with Crippen LogP contribution in [0.1, 0.15) is 64.7 Å². The van der Waals surface area contributed by atoms with Gasteiger partial charge in [0.15, 0.2) is 0 Å². The maximum Gasteiger partial charge on any atom is 0.253 e. The number of hydrogen-bond acceptors (Lipinski definition) is 4. The monoisotopic (exact) mass is 391 g/mol. The third-order valence-electron chi connectivity index (χ3n) is 5.35. The van der Waals surface area contributed by atoms with Crippen LogP contribution in [0.25, 0.3) is 0 Å². The topological polar surface area (TPSA) is 86.8 Å². The van der Waals surface area contributed by atoms with E-state index in [1.54, 1.807) is 0 Å². The fraction of sp³-hybridized carbons (Fsp3) is 0.714. The van der Waals surface area contributed by atoms with Crippen molar-refractivity contribution >= 4 is 23.6 Å². The van der Waals surface area contributed by atoms with E-state index in [1.807, 2.05) is 4.90 Å². The summed E-state index contributed by atoms with van der Waals surface area (Å²) in [5.41, 5.74) is 0. The van der Waals surface area contributed by atoms with Crippen molar-refractivity contribution in [3.05, 3.63) is 12.2 Å². The second-order valence-electron chi connectivity index (χ2n) is 7.87. The standard InChI is InChI=1S/C21H33N3O4/c1-17-12-15-23(16-17)19(26)9-5-2-6-13-22-18(25)8-4-3-7-14-24-20(27)10-11-21(24)28/h10-11,17H,2-9,12-16H2,1H3,(H,22,25).